The highest BCUT2D eigenvalue weighted by molar-refractivity contribution is 7.22. The number of fused-ring (bicyclic) bond motifs is 1. The van der Waals surface area contributed by atoms with Crippen LogP contribution in [0.3, 0.4) is 0 Å². The van der Waals surface area contributed by atoms with Gasteiger partial charge >= 0.3 is 0 Å². The van der Waals surface area contributed by atoms with Crippen LogP contribution in [0.15, 0.2) is 43.0 Å². The van der Waals surface area contributed by atoms with Gasteiger partial charge in [-0.1, -0.05) is 11.3 Å². The van der Waals surface area contributed by atoms with Crippen LogP contribution < -0.4 is 9.80 Å². The molecule has 0 saturated carbocycles. The smallest absolute Gasteiger partial charge is 0.186 e. The van der Waals surface area contributed by atoms with Gasteiger partial charge in [0.05, 0.1) is 34.5 Å². The molecule has 1 aromatic carbocycles. The number of nitrogens with zero attached hydrogens (tertiary/aromatic N) is 7. The molecule has 4 heterocycles. The van der Waals surface area contributed by atoms with E-state index in [-0.39, 0.29) is 5.82 Å². The zero-order valence-corrected chi connectivity index (χ0v) is 16.1. The average molecular weight is 395 g/mol. The topological polar surface area (TPSA) is 63.0 Å². The third-order valence-corrected chi connectivity index (χ3v) is 5.91. The maximum absolute atomic E-state index is 13.4. The largest absolute Gasteiger partial charge is 0.352 e. The van der Waals surface area contributed by atoms with Crippen molar-refractivity contribution in [3.8, 4) is 11.3 Å². The lowest BCUT2D eigenvalue weighted by Crippen LogP contribution is -2.46. The van der Waals surface area contributed by atoms with E-state index in [4.69, 9.17) is 4.98 Å². The fourth-order valence-electron chi connectivity index (χ4n) is 3.35. The Kier molecular flexibility index (Phi) is 4.16. The Labute approximate surface area is 165 Å². The lowest BCUT2D eigenvalue weighted by Gasteiger charge is -2.35. The van der Waals surface area contributed by atoms with Crippen LogP contribution in [0.5, 0.6) is 0 Å². The summed E-state index contributed by atoms with van der Waals surface area (Å²) in [5, 5.41) is 5.14. The van der Waals surface area contributed by atoms with Crippen molar-refractivity contribution in [2.75, 3.05) is 36.0 Å². The van der Waals surface area contributed by atoms with Gasteiger partial charge in [0.1, 0.15) is 11.6 Å². The summed E-state index contributed by atoms with van der Waals surface area (Å²) in [6.45, 7) is 3.33. The Morgan fingerprint density at radius 3 is 2.61 bits per heavy atom. The Balaban J connectivity index is 1.31. The summed E-state index contributed by atoms with van der Waals surface area (Å²) >= 11 is 1.54. The average Bonchev–Trinajstić information content (AvgIpc) is 3.34. The van der Waals surface area contributed by atoms with Crippen molar-refractivity contribution < 1.29 is 4.39 Å². The molecule has 0 N–H and O–H groups in total. The molecule has 5 rings (SSSR count). The minimum atomic E-state index is -0.223. The molecule has 0 aliphatic carbocycles. The van der Waals surface area contributed by atoms with Crippen molar-refractivity contribution in [2.45, 2.75) is 0 Å². The lowest BCUT2D eigenvalue weighted by molar-refractivity contribution is 0.630. The van der Waals surface area contributed by atoms with Gasteiger partial charge in [-0.15, -0.1) is 0 Å². The van der Waals surface area contributed by atoms with Gasteiger partial charge in [0.15, 0.2) is 5.13 Å². The van der Waals surface area contributed by atoms with Crippen LogP contribution in [-0.2, 0) is 7.05 Å². The van der Waals surface area contributed by atoms with Gasteiger partial charge < -0.3 is 9.80 Å². The first-order chi connectivity index (χ1) is 13.7. The molecule has 0 spiro atoms. The van der Waals surface area contributed by atoms with E-state index in [1.54, 1.807) is 35.4 Å². The van der Waals surface area contributed by atoms with Gasteiger partial charge in [-0.2, -0.15) is 5.10 Å². The Morgan fingerprint density at radius 1 is 1.00 bits per heavy atom. The number of rotatable bonds is 3. The maximum atomic E-state index is 13.4. The van der Waals surface area contributed by atoms with Gasteiger partial charge in [-0.3, -0.25) is 9.67 Å². The van der Waals surface area contributed by atoms with Gasteiger partial charge in [-0.05, 0) is 18.2 Å². The van der Waals surface area contributed by atoms with Gasteiger partial charge in [0, 0.05) is 45.0 Å². The second kappa shape index (κ2) is 6.83. The quantitative estimate of drug-likeness (QED) is 0.532. The second-order valence-electron chi connectivity index (χ2n) is 6.75. The van der Waals surface area contributed by atoms with Crippen molar-refractivity contribution in [3.63, 3.8) is 0 Å². The van der Waals surface area contributed by atoms with Crippen molar-refractivity contribution in [3.05, 3.63) is 48.8 Å². The molecule has 0 atom stereocenters. The first-order valence-corrected chi connectivity index (χ1v) is 9.84. The molecule has 7 nitrogen and oxygen atoms in total. The number of aryl methyl sites for hydroxylation is 1. The number of hydrogen-bond acceptors (Lipinski definition) is 7. The Bertz CT molecular complexity index is 1130. The molecule has 0 amide bonds. The summed E-state index contributed by atoms with van der Waals surface area (Å²) in [6.07, 6.45) is 7.29. The number of piperazine rings is 1. The molecule has 3 aromatic heterocycles. The van der Waals surface area contributed by atoms with Gasteiger partial charge in [0.25, 0.3) is 0 Å². The van der Waals surface area contributed by atoms with Crippen molar-refractivity contribution in [1.82, 2.24) is 24.7 Å². The zero-order valence-electron chi connectivity index (χ0n) is 15.3. The molecule has 0 radical (unpaired) electrons. The second-order valence-corrected chi connectivity index (χ2v) is 7.76. The van der Waals surface area contributed by atoms with E-state index >= 15 is 0 Å². The normalized spacial score (nSPS) is 14.8. The molecular weight excluding hydrogens is 377 g/mol. The number of aromatic nitrogens is 5. The summed E-state index contributed by atoms with van der Waals surface area (Å²) in [4.78, 5) is 18.3. The molecule has 9 heteroatoms. The molecule has 28 heavy (non-hydrogen) atoms. The SMILES string of the molecule is Cn1cc(-c2cncc(N3CCN(c4nc5ccc(F)cc5s4)CC3)n2)cn1. The summed E-state index contributed by atoms with van der Waals surface area (Å²) in [7, 11) is 1.89. The fraction of sp³-hybridized carbons (Fsp3) is 0.263. The Hall–Kier alpha value is -3.07. The van der Waals surface area contributed by atoms with Crippen LogP contribution >= 0.6 is 11.3 Å². The monoisotopic (exact) mass is 395 g/mol. The van der Waals surface area contributed by atoms with Gasteiger partial charge in [-0.25, -0.2) is 14.4 Å². The highest BCUT2D eigenvalue weighted by atomic mass is 32.1. The molecule has 1 aliphatic heterocycles. The first kappa shape index (κ1) is 17.1. The number of anilines is 2. The van der Waals surface area contributed by atoms with Crippen LogP contribution in [0.2, 0.25) is 0 Å². The van der Waals surface area contributed by atoms with E-state index in [2.05, 4.69) is 24.9 Å². The summed E-state index contributed by atoms with van der Waals surface area (Å²) in [5.74, 6) is 0.645. The third-order valence-electron chi connectivity index (χ3n) is 4.84. The molecule has 0 unspecified atom stereocenters. The molecule has 4 aromatic rings. The molecule has 1 aliphatic rings. The molecule has 0 bridgehead atoms. The predicted octanol–water partition coefficient (Wildman–Crippen LogP) is 2.95. The summed E-state index contributed by atoms with van der Waals surface area (Å²) in [5.41, 5.74) is 2.62. The minimum Gasteiger partial charge on any atom is -0.352 e. The van der Waals surface area contributed by atoms with E-state index in [0.29, 0.717) is 0 Å². The molecule has 142 valence electrons. The van der Waals surface area contributed by atoms with Crippen LogP contribution in [0.25, 0.3) is 21.5 Å². The first-order valence-electron chi connectivity index (χ1n) is 9.03. The summed E-state index contributed by atoms with van der Waals surface area (Å²) in [6, 6.07) is 4.74. The van der Waals surface area contributed by atoms with Gasteiger partial charge in [0.2, 0.25) is 0 Å². The van der Waals surface area contributed by atoms with E-state index in [9.17, 15) is 4.39 Å². The Morgan fingerprint density at radius 2 is 1.82 bits per heavy atom. The number of thiazole rings is 1. The fourth-order valence-corrected chi connectivity index (χ4v) is 4.39. The van der Waals surface area contributed by atoms with Crippen LogP contribution in [0.1, 0.15) is 0 Å². The standard InChI is InChI=1S/C19H18FN7S/c1-25-12-13(9-22-25)16-10-21-11-18(23-16)26-4-6-27(7-5-26)19-24-15-3-2-14(20)8-17(15)28-19/h2-3,8-12H,4-7H2,1H3. The highest BCUT2D eigenvalue weighted by Gasteiger charge is 2.21. The third kappa shape index (κ3) is 3.18. The molecule has 1 saturated heterocycles. The van der Waals surface area contributed by atoms with Crippen molar-refractivity contribution >= 4 is 32.5 Å². The number of halogens is 1. The highest BCUT2D eigenvalue weighted by Crippen LogP contribution is 2.30. The van der Waals surface area contributed by atoms with E-state index < -0.39 is 0 Å². The zero-order chi connectivity index (χ0) is 19.1. The lowest BCUT2D eigenvalue weighted by atomic mass is 10.2. The number of benzene rings is 1. The molecular formula is C19H18FN7S. The van der Waals surface area contributed by atoms with E-state index in [1.165, 1.54) is 17.4 Å². The van der Waals surface area contributed by atoms with Crippen molar-refractivity contribution in [2.24, 2.45) is 7.05 Å². The minimum absolute atomic E-state index is 0.223. The van der Waals surface area contributed by atoms with Crippen LogP contribution in [-0.4, -0.2) is 50.9 Å². The van der Waals surface area contributed by atoms with E-state index in [0.717, 1.165) is 58.6 Å². The van der Waals surface area contributed by atoms with Crippen LogP contribution in [0.4, 0.5) is 15.3 Å². The number of hydrogen-bond donors (Lipinski definition) is 0. The maximum Gasteiger partial charge on any atom is 0.186 e. The summed E-state index contributed by atoms with van der Waals surface area (Å²) < 4.78 is 16.1. The van der Waals surface area contributed by atoms with Crippen molar-refractivity contribution in [1.29, 1.82) is 0 Å². The predicted molar refractivity (Wildman–Crippen MR) is 108 cm³/mol. The molecule has 1 fully saturated rings. The van der Waals surface area contributed by atoms with Crippen LogP contribution in [0, 0.1) is 5.82 Å². The van der Waals surface area contributed by atoms with E-state index in [1.807, 2.05) is 13.2 Å².